The summed E-state index contributed by atoms with van der Waals surface area (Å²) in [6.07, 6.45) is 6.53. The molecule has 15 heavy (non-hydrogen) atoms. The predicted molar refractivity (Wildman–Crippen MR) is 53.8 cm³/mol. The molecule has 0 radical (unpaired) electrons. The second kappa shape index (κ2) is 3.77. The summed E-state index contributed by atoms with van der Waals surface area (Å²) in [5, 5.41) is 11.2. The van der Waals surface area contributed by atoms with Gasteiger partial charge in [-0.3, -0.25) is 14.9 Å². The average molecular weight is 209 g/mol. The van der Waals surface area contributed by atoms with Gasteiger partial charge in [0, 0.05) is 6.61 Å². The van der Waals surface area contributed by atoms with Crippen LogP contribution in [0, 0.1) is 11.3 Å². The van der Waals surface area contributed by atoms with Crippen molar-refractivity contribution in [3.63, 3.8) is 0 Å². The number of aliphatic hydroxyl groups is 1. The first kappa shape index (κ1) is 10.4. The molecule has 0 aromatic carbocycles. The number of fused-ring (bicyclic) bond motifs is 1. The number of allylic oxidation sites excluding steroid dienone is 1. The molecule has 2 rings (SSSR count). The summed E-state index contributed by atoms with van der Waals surface area (Å²) in [6.45, 7) is 0.0593. The lowest BCUT2D eigenvalue weighted by Crippen LogP contribution is -2.35. The molecule has 1 aliphatic carbocycles. The molecule has 4 heteroatoms. The van der Waals surface area contributed by atoms with Gasteiger partial charge in [-0.1, -0.05) is 12.2 Å². The summed E-state index contributed by atoms with van der Waals surface area (Å²) >= 11 is 0. The minimum Gasteiger partial charge on any atom is -0.396 e. The highest BCUT2D eigenvalue weighted by atomic mass is 16.3. The van der Waals surface area contributed by atoms with E-state index in [1.807, 2.05) is 12.2 Å². The van der Waals surface area contributed by atoms with Crippen molar-refractivity contribution >= 4 is 11.8 Å². The van der Waals surface area contributed by atoms with Crippen molar-refractivity contribution in [2.45, 2.75) is 25.7 Å². The summed E-state index contributed by atoms with van der Waals surface area (Å²) in [5.41, 5.74) is -0.669. The zero-order valence-electron chi connectivity index (χ0n) is 8.53. The van der Waals surface area contributed by atoms with E-state index in [-0.39, 0.29) is 24.3 Å². The molecule has 82 valence electrons. The highest BCUT2D eigenvalue weighted by Crippen LogP contribution is 2.44. The second-order valence-corrected chi connectivity index (χ2v) is 4.22. The molecule has 1 heterocycles. The number of amides is 2. The van der Waals surface area contributed by atoms with Crippen LogP contribution in [-0.2, 0) is 9.59 Å². The summed E-state index contributed by atoms with van der Waals surface area (Å²) in [5.74, 6) is -0.564. The Balaban J connectivity index is 2.29. The molecule has 4 nitrogen and oxygen atoms in total. The fourth-order valence-electron chi connectivity index (χ4n) is 2.59. The van der Waals surface area contributed by atoms with Crippen LogP contribution < -0.4 is 5.32 Å². The van der Waals surface area contributed by atoms with Crippen molar-refractivity contribution in [1.82, 2.24) is 5.32 Å². The monoisotopic (exact) mass is 209 g/mol. The first-order valence-corrected chi connectivity index (χ1v) is 5.34. The van der Waals surface area contributed by atoms with Gasteiger partial charge < -0.3 is 5.11 Å². The van der Waals surface area contributed by atoms with Crippen molar-refractivity contribution in [2.75, 3.05) is 6.61 Å². The molecule has 2 N–H and O–H groups in total. The highest BCUT2D eigenvalue weighted by molar-refractivity contribution is 6.08. The summed E-state index contributed by atoms with van der Waals surface area (Å²) in [6, 6.07) is 0. The molecule has 1 saturated heterocycles. The largest absolute Gasteiger partial charge is 0.396 e. The molecule has 1 fully saturated rings. The Bertz CT molecular complexity index is 324. The maximum absolute atomic E-state index is 11.8. The van der Waals surface area contributed by atoms with E-state index in [0.29, 0.717) is 12.8 Å². The third kappa shape index (κ3) is 1.49. The lowest BCUT2D eigenvalue weighted by molar-refractivity contribution is -0.127. The van der Waals surface area contributed by atoms with E-state index in [0.717, 1.165) is 12.8 Å². The van der Waals surface area contributed by atoms with Crippen molar-refractivity contribution in [1.29, 1.82) is 0 Å². The second-order valence-electron chi connectivity index (χ2n) is 4.22. The zero-order chi connectivity index (χ0) is 10.9. The van der Waals surface area contributed by atoms with E-state index in [1.165, 1.54) is 0 Å². The van der Waals surface area contributed by atoms with Gasteiger partial charge in [-0.05, 0) is 25.7 Å². The van der Waals surface area contributed by atoms with Crippen molar-refractivity contribution in [3.8, 4) is 0 Å². The Labute approximate surface area is 88.4 Å². The molecule has 0 bridgehead atoms. The Hall–Kier alpha value is -1.16. The van der Waals surface area contributed by atoms with Gasteiger partial charge in [0.2, 0.25) is 11.8 Å². The van der Waals surface area contributed by atoms with Gasteiger partial charge in [0.15, 0.2) is 0 Å². The van der Waals surface area contributed by atoms with Crippen molar-refractivity contribution in [3.05, 3.63) is 12.2 Å². The maximum Gasteiger partial charge on any atom is 0.237 e. The lowest BCUT2D eigenvalue weighted by atomic mass is 9.69. The molecule has 2 unspecified atom stereocenters. The van der Waals surface area contributed by atoms with Crippen LogP contribution in [0.2, 0.25) is 0 Å². The molecule has 1 aliphatic heterocycles. The van der Waals surface area contributed by atoms with Gasteiger partial charge in [-0.25, -0.2) is 0 Å². The van der Waals surface area contributed by atoms with Crippen LogP contribution >= 0.6 is 0 Å². The fraction of sp³-hybridized carbons (Fsp3) is 0.636. The number of hydrogen-bond donors (Lipinski definition) is 2. The fourth-order valence-corrected chi connectivity index (χ4v) is 2.59. The Morgan fingerprint density at radius 2 is 2.33 bits per heavy atom. The number of imide groups is 1. The number of rotatable bonds is 3. The van der Waals surface area contributed by atoms with E-state index in [2.05, 4.69) is 5.32 Å². The first-order chi connectivity index (χ1) is 7.20. The van der Waals surface area contributed by atoms with Gasteiger partial charge >= 0.3 is 0 Å². The van der Waals surface area contributed by atoms with Gasteiger partial charge in [-0.15, -0.1) is 0 Å². The van der Waals surface area contributed by atoms with Crippen LogP contribution in [0.3, 0.4) is 0 Å². The van der Waals surface area contributed by atoms with E-state index in [1.54, 1.807) is 0 Å². The molecule has 2 atom stereocenters. The summed E-state index contributed by atoms with van der Waals surface area (Å²) < 4.78 is 0. The number of carbonyl (C=O) groups is 2. The SMILES string of the molecule is O=C1NC(=O)C2(CCCO)C=CCCC12. The van der Waals surface area contributed by atoms with Crippen LogP contribution in [0.15, 0.2) is 12.2 Å². The average Bonchev–Trinajstić information content (AvgIpc) is 2.50. The molecule has 2 amide bonds. The molecular weight excluding hydrogens is 194 g/mol. The lowest BCUT2D eigenvalue weighted by Gasteiger charge is -2.30. The van der Waals surface area contributed by atoms with Gasteiger partial charge in [0.05, 0.1) is 11.3 Å². The summed E-state index contributed by atoms with van der Waals surface area (Å²) in [4.78, 5) is 23.3. The van der Waals surface area contributed by atoms with Gasteiger partial charge in [0.1, 0.15) is 0 Å². The number of hydrogen-bond acceptors (Lipinski definition) is 3. The van der Waals surface area contributed by atoms with Crippen molar-refractivity contribution in [2.24, 2.45) is 11.3 Å². The molecule has 0 saturated carbocycles. The van der Waals surface area contributed by atoms with Crippen LogP contribution in [0.4, 0.5) is 0 Å². The Morgan fingerprint density at radius 1 is 1.53 bits per heavy atom. The Kier molecular flexibility index (Phi) is 2.61. The number of carbonyl (C=O) groups excluding carboxylic acids is 2. The molecule has 0 aromatic heterocycles. The third-order valence-corrected chi connectivity index (χ3v) is 3.38. The number of aliphatic hydroxyl groups excluding tert-OH is 1. The van der Waals surface area contributed by atoms with Gasteiger partial charge in [-0.2, -0.15) is 0 Å². The van der Waals surface area contributed by atoms with E-state index >= 15 is 0 Å². The van der Waals surface area contributed by atoms with Crippen LogP contribution in [0.25, 0.3) is 0 Å². The van der Waals surface area contributed by atoms with Crippen LogP contribution in [0.1, 0.15) is 25.7 Å². The third-order valence-electron chi connectivity index (χ3n) is 3.38. The van der Waals surface area contributed by atoms with Gasteiger partial charge in [0.25, 0.3) is 0 Å². The van der Waals surface area contributed by atoms with Crippen molar-refractivity contribution < 1.29 is 14.7 Å². The minimum absolute atomic E-state index is 0.0593. The standard InChI is InChI=1S/C11H15NO3/c13-7-3-6-11-5-2-1-4-8(11)9(14)12-10(11)15/h2,5,8,13H,1,3-4,6-7H2,(H,12,14,15). The topological polar surface area (TPSA) is 66.4 Å². The van der Waals surface area contributed by atoms with Crippen LogP contribution in [-0.4, -0.2) is 23.5 Å². The predicted octanol–water partition coefficient (Wildman–Crippen LogP) is 0.368. The first-order valence-electron chi connectivity index (χ1n) is 5.34. The van der Waals surface area contributed by atoms with E-state index in [9.17, 15) is 9.59 Å². The highest BCUT2D eigenvalue weighted by Gasteiger charge is 2.53. The normalized spacial score (nSPS) is 34.1. The minimum atomic E-state index is -0.669. The smallest absolute Gasteiger partial charge is 0.237 e. The number of nitrogens with one attached hydrogen (secondary N) is 1. The Morgan fingerprint density at radius 3 is 3.07 bits per heavy atom. The van der Waals surface area contributed by atoms with E-state index in [4.69, 9.17) is 5.11 Å². The molecule has 0 spiro atoms. The van der Waals surface area contributed by atoms with E-state index < -0.39 is 5.41 Å². The quantitative estimate of drug-likeness (QED) is 0.521. The van der Waals surface area contributed by atoms with Crippen LogP contribution in [0.5, 0.6) is 0 Å². The molecule has 0 aromatic rings. The maximum atomic E-state index is 11.8. The zero-order valence-corrected chi connectivity index (χ0v) is 8.53. The summed E-state index contributed by atoms with van der Waals surface area (Å²) in [7, 11) is 0. The molecular formula is C11H15NO3. The molecule has 2 aliphatic rings.